The number of aromatic nitrogens is 1. The van der Waals surface area contributed by atoms with Gasteiger partial charge in [0.2, 0.25) is 0 Å². The van der Waals surface area contributed by atoms with E-state index < -0.39 is 0 Å². The SMILES string of the molecule is CN=C(NCc1nc(C(C)C)c(C)s1)NC1CC(C)N(C2CC2)C1. The molecule has 2 fully saturated rings. The van der Waals surface area contributed by atoms with Crippen LogP contribution >= 0.6 is 11.3 Å². The lowest BCUT2D eigenvalue weighted by Crippen LogP contribution is -2.44. The van der Waals surface area contributed by atoms with E-state index in [1.165, 1.54) is 29.8 Å². The Morgan fingerprint density at radius 2 is 2.17 bits per heavy atom. The van der Waals surface area contributed by atoms with Crippen molar-refractivity contribution in [2.24, 2.45) is 4.99 Å². The van der Waals surface area contributed by atoms with Crippen molar-refractivity contribution in [3.05, 3.63) is 15.6 Å². The Labute approximate surface area is 150 Å². The van der Waals surface area contributed by atoms with Crippen LogP contribution in [0.15, 0.2) is 4.99 Å². The number of aliphatic imine (C=N–C) groups is 1. The number of guanidine groups is 1. The van der Waals surface area contributed by atoms with Crippen molar-refractivity contribution in [1.29, 1.82) is 0 Å². The molecule has 134 valence electrons. The Balaban J connectivity index is 1.51. The number of rotatable bonds is 5. The number of nitrogens with zero attached hydrogens (tertiary/aromatic N) is 3. The van der Waals surface area contributed by atoms with Gasteiger partial charge >= 0.3 is 0 Å². The highest BCUT2D eigenvalue weighted by Crippen LogP contribution is 2.33. The molecule has 1 saturated carbocycles. The van der Waals surface area contributed by atoms with Crippen LogP contribution < -0.4 is 10.6 Å². The summed E-state index contributed by atoms with van der Waals surface area (Å²) in [7, 11) is 1.85. The van der Waals surface area contributed by atoms with E-state index in [2.05, 4.69) is 48.2 Å². The summed E-state index contributed by atoms with van der Waals surface area (Å²) in [6.45, 7) is 10.8. The van der Waals surface area contributed by atoms with Gasteiger partial charge in [0.15, 0.2) is 5.96 Å². The highest BCUT2D eigenvalue weighted by Gasteiger charge is 2.38. The molecule has 0 radical (unpaired) electrons. The highest BCUT2D eigenvalue weighted by atomic mass is 32.1. The Morgan fingerprint density at radius 3 is 2.75 bits per heavy atom. The average molecular weight is 350 g/mol. The lowest BCUT2D eigenvalue weighted by molar-refractivity contribution is 0.256. The van der Waals surface area contributed by atoms with E-state index in [0.717, 1.165) is 30.1 Å². The van der Waals surface area contributed by atoms with Gasteiger partial charge in [0.25, 0.3) is 0 Å². The molecular weight excluding hydrogens is 318 g/mol. The second kappa shape index (κ2) is 7.40. The molecule has 0 amide bonds. The van der Waals surface area contributed by atoms with Crippen molar-refractivity contribution in [2.45, 2.75) is 77.5 Å². The van der Waals surface area contributed by atoms with E-state index in [9.17, 15) is 0 Å². The first kappa shape index (κ1) is 17.7. The maximum atomic E-state index is 4.77. The summed E-state index contributed by atoms with van der Waals surface area (Å²) in [6, 6.07) is 2.02. The van der Waals surface area contributed by atoms with Crippen LogP contribution in [0, 0.1) is 6.92 Å². The molecule has 24 heavy (non-hydrogen) atoms. The molecule has 6 heteroatoms. The minimum Gasteiger partial charge on any atom is -0.352 e. The summed E-state index contributed by atoms with van der Waals surface area (Å²) >= 11 is 1.79. The van der Waals surface area contributed by atoms with Crippen LogP contribution in [0.3, 0.4) is 0 Å². The van der Waals surface area contributed by atoms with Gasteiger partial charge in [-0.15, -0.1) is 11.3 Å². The summed E-state index contributed by atoms with van der Waals surface area (Å²) in [4.78, 5) is 13.1. The molecule has 0 spiro atoms. The molecule has 2 atom stereocenters. The van der Waals surface area contributed by atoms with Gasteiger partial charge in [0, 0.05) is 36.6 Å². The van der Waals surface area contributed by atoms with E-state index in [0.29, 0.717) is 18.0 Å². The molecular formula is C18H31N5S. The zero-order chi connectivity index (χ0) is 17.3. The van der Waals surface area contributed by atoms with Gasteiger partial charge in [-0.1, -0.05) is 13.8 Å². The van der Waals surface area contributed by atoms with Crippen molar-refractivity contribution in [1.82, 2.24) is 20.5 Å². The third kappa shape index (κ3) is 4.09. The predicted octanol–water partition coefficient (Wildman–Crippen LogP) is 2.87. The third-order valence-corrected chi connectivity index (χ3v) is 6.02. The van der Waals surface area contributed by atoms with Crippen molar-refractivity contribution in [2.75, 3.05) is 13.6 Å². The first-order chi connectivity index (χ1) is 11.5. The quantitative estimate of drug-likeness (QED) is 0.634. The molecule has 2 N–H and O–H groups in total. The number of thiazole rings is 1. The van der Waals surface area contributed by atoms with Gasteiger partial charge in [-0.05, 0) is 39.0 Å². The molecule has 1 aliphatic carbocycles. The molecule has 1 saturated heterocycles. The fourth-order valence-electron chi connectivity index (χ4n) is 3.70. The van der Waals surface area contributed by atoms with Crippen molar-refractivity contribution < 1.29 is 0 Å². The van der Waals surface area contributed by atoms with E-state index in [1.54, 1.807) is 11.3 Å². The fraction of sp³-hybridized carbons (Fsp3) is 0.778. The van der Waals surface area contributed by atoms with Gasteiger partial charge in [-0.3, -0.25) is 9.89 Å². The van der Waals surface area contributed by atoms with Crippen LogP contribution in [-0.2, 0) is 6.54 Å². The van der Waals surface area contributed by atoms with Crippen molar-refractivity contribution in [3.63, 3.8) is 0 Å². The van der Waals surface area contributed by atoms with Gasteiger partial charge < -0.3 is 10.6 Å². The zero-order valence-corrected chi connectivity index (χ0v) is 16.4. The van der Waals surface area contributed by atoms with Crippen LogP contribution in [0.4, 0.5) is 0 Å². The maximum Gasteiger partial charge on any atom is 0.191 e. The van der Waals surface area contributed by atoms with E-state index in [-0.39, 0.29) is 0 Å². The molecule has 1 aromatic heterocycles. The van der Waals surface area contributed by atoms with E-state index >= 15 is 0 Å². The molecule has 0 bridgehead atoms. The Bertz CT molecular complexity index is 590. The predicted molar refractivity (Wildman–Crippen MR) is 102 cm³/mol. The highest BCUT2D eigenvalue weighted by molar-refractivity contribution is 7.11. The second-order valence-electron chi connectivity index (χ2n) is 7.48. The molecule has 5 nitrogen and oxygen atoms in total. The van der Waals surface area contributed by atoms with Gasteiger partial charge in [0.05, 0.1) is 12.2 Å². The topological polar surface area (TPSA) is 52.6 Å². The number of hydrogen-bond acceptors (Lipinski definition) is 4. The first-order valence-electron chi connectivity index (χ1n) is 9.17. The van der Waals surface area contributed by atoms with Crippen LogP contribution in [-0.4, -0.2) is 47.6 Å². The van der Waals surface area contributed by atoms with Crippen LogP contribution in [0.2, 0.25) is 0 Å². The maximum absolute atomic E-state index is 4.77. The minimum absolute atomic E-state index is 0.487. The summed E-state index contributed by atoms with van der Waals surface area (Å²) in [6.07, 6.45) is 3.96. The Kier molecular flexibility index (Phi) is 5.45. The lowest BCUT2D eigenvalue weighted by Gasteiger charge is -2.20. The van der Waals surface area contributed by atoms with E-state index in [4.69, 9.17) is 4.98 Å². The molecule has 1 aliphatic heterocycles. The number of hydrogen-bond donors (Lipinski definition) is 2. The van der Waals surface area contributed by atoms with Crippen LogP contribution in [0.1, 0.15) is 61.5 Å². The van der Waals surface area contributed by atoms with Crippen LogP contribution in [0.5, 0.6) is 0 Å². The normalized spacial score (nSPS) is 25.5. The number of nitrogens with one attached hydrogen (secondary N) is 2. The minimum atomic E-state index is 0.487. The monoisotopic (exact) mass is 349 g/mol. The summed E-state index contributed by atoms with van der Waals surface area (Å²) in [5.41, 5.74) is 1.23. The molecule has 2 unspecified atom stereocenters. The molecule has 2 aliphatic rings. The second-order valence-corrected chi connectivity index (χ2v) is 8.77. The molecule has 3 rings (SSSR count). The molecule has 1 aromatic rings. The first-order valence-corrected chi connectivity index (χ1v) is 9.98. The lowest BCUT2D eigenvalue weighted by atomic mass is 10.1. The Morgan fingerprint density at radius 1 is 1.42 bits per heavy atom. The molecule has 0 aromatic carbocycles. The van der Waals surface area contributed by atoms with Gasteiger partial charge in [-0.2, -0.15) is 0 Å². The summed E-state index contributed by atoms with van der Waals surface area (Å²) in [5.74, 6) is 1.38. The zero-order valence-electron chi connectivity index (χ0n) is 15.6. The van der Waals surface area contributed by atoms with Gasteiger partial charge in [0.1, 0.15) is 5.01 Å². The third-order valence-electron chi connectivity index (χ3n) is 5.03. The Hall–Kier alpha value is -1.14. The van der Waals surface area contributed by atoms with Crippen LogP contribution in [0.25, 0.3) is 0 Å². The smallest absolute Gasteiger partial charge is 0.191 e. The number of aryl methyl sites for hydroxylation is 1. The van der Waals surface area contributed by atoms with Crippen molar-refractivity contribution >= 4 is 17.3 Å². The summed E-state index contributed by atoms with van der Waals surface area (Å²) in [5, 5.41) is 8.17. The van der Waals surface area contributed by atoms with Gasteiger partial charge in [-0.25, -0.2) is 4.98 Å². The number of likely N-dealkylation sites (tertiary alicyclic amines) is 1. The van der Waals surface area contributed by atoms with E-state index in [1.807, 2.05) is 7.05 Å². The average Bonchev–Trinajstić information content (AvgIpc) is 3.21. The molecule has 2 heterocycles. The van der Waals surface area contributed by atoms with Crippen molar-refractivity contribution in [3.8, 4) is 0 Å². The standard InChI is InChI=1S/C18H31N5S/c1-11(2)17-13(4)24-16(22-17)9-20-18(19-5)21-14-8-12(3)23(10-14)15-6-7-15/h11-12,14-15H,6-10H2,1-5H3,(H2,19,20,21). The summed E-state index contributed by atoms with van der Waals surface area (Å²) < 4.78 is 0. The fourth-order valence-corrected chi connectivity index (χ4v) is 4.73. The largest absolute Gasteiger partial charge is 0.352 e.